The Morgan fingerprint density at radius 2 is 2.00 bits per heavy atom. The van der Waals surface area contributed by atoms with E-state index in [0.29, 0.717) is 10.4 Å². The Hall–Kier alpha value is -0.810. The maximum absolute atomic E-state index is 12.3. The summed E-state index contributed by atoms with van der Waals surface area (Å²) < 4.78 is 3.24. The number of hydrogen-bond donors (Lipinski definition) is 1. The van der Waals surface area contributed by atoms with Gasteiger partial charge in [0.05, 0.1) is 11.4 Å². The topological polar surface area (TPSA) is 37.8 Å². The van der Waals surface area contributed by atoms with Crippen LogP contribution in [-0.2, 0) is 6.42 Å². The molecule has 5 heteroatoms. The predicted octanol–water partition coefficient (Wildman–Crippen LogP) is 4.20. The summed E-state index contributed by atoms with van der Waals surface area (Å²) in [7, 11) is 0. The van der Waals surface area contributed by atoms with E-state index in [9.17, 15) is 4.79 Å². The summed E-state index contributed by atoms with van der Waals surface area (Å²) in [5.74, 6) is 0.494. The van der Waals surface area contributed by atoms with Crippen LogP contribution < -0.4 is 5.56 Å². The molecule has 0 bridgehead atoms. The van der Waals surface area contributed by atoms with Gasteiger partial charge in [-0.1, -0.05) is 29.8 Å². The van der Waals surface area contributed by atoms with Crippen LogP contribution in [0.4, 0.5) is 0 Å². The van der Waals surface area contributed by atoms with Crippen LogP contribution in [0.3, 0.4) is 0 Å². The predicted molar refractivity (Wildman–Crippen MR) is 85.1 cm³/mol. The van der Waals surface area contributed by atoms with Crippen molar-refractivity contribution in [2.45, 2.75) is 27.2 Å². The highest BCUT2D eigenvalue weighted by molar-refractivity contribution is 9.10. The van der Waals surface area contributed by atoms with Crippen molar-refractivity contribution >= 4 is 31.9 Å². The number of aromatic amines is 1. The number of nitrogens with one attached hydrogen (secondary N) is 1. The van der Waals surface area contributed by atoms with Gasteiger partial charge in [-0.25, -0.2) is 4.68 Å². The standard InChI is InChI=1S/C14H16Br2N2O/c1-8(2)6-11-13(16)14(19)18(17-11)12-5-4-10(15)7-9(12)3/h4-5,7-8,17H,6H2,1-3H3. The summed E-state index contributed by atoms with van der Waals surface area (Å²) in [4.78, 5) is 12.3. The fraction of sp³-hybridized carbons (Fsp3) is 0.357. The van der Waals surface area contributed by atoms with Crippen molar-refractivity contribution < 1.29 is 0 Å². The molecule has 0 unspecified atom stereocenters. The first-order valence-corrected chi connectivity index (χ1v) is 7.74. The second-order valence-corrected chi connectivity index (χ2v) is 6.78. The molecule has 1 aromatic carbocycles. The van der Waals surface area contributed by atoms with Gasteiger partial charge in [-0.2, -0.15) is 0 Å². The van der Waals surface area contributed by atoms with Crippen molar-refractivity contribution in [3.05, 3.63) is 48.8 Å². The Labute approximate surface area is 129 Å². The highest BCUT2D eigenvalue weighted by Crippen LogP contribution is 2.20. The van der Waals surface area contributed by atoms with Gasteiger partial charge in [0.25, 0.3) is 5.56 Å². The van der Waals surface area contributed by atoms with Crippen molar-refractivity contribution in [1.82, 2.24) is 9.78 Å². The molecule has 2 aromatic rings. The van der Waals surface area contributed by atoms with Crippen molar-refractivity contribution in [2.24, 2.45) is 5.92 Å². The molecule has 0 spiro atoms. The van der Waals surface area contributed by atoms with Gasteiger partial charge in [0.1, 0.15) is 4.47 Å². The highest BCUT2D eigenvalue weighted by Gasteiger charge is 2.14. The van der Waals surface area contributed by atoms with E-state index in [1.165, 1.54) is 0 Å². The van der Waals surface area contributed by atoms with E-state index in [-0.39, 0.29) is 5.56 Å². The van der Waals surface area contributed by atoms with Crippen molar-refractivity contribution in [3.8, 4) is 5.69 Å². The maximum Gasteiger partial charge on any atom is 0.285 e. The smallest absolute Gasteiger partial charge is 0.285 e. The SMILES string of the molecule is Cc1cc(Br)ccc1-n1[nH]c(CC(C)C)c(Br)c1=O. The molecule has 0 aliphatic heterocycles. The van der Waals surface area contributed by atoms with Crippen LogP contribution in [0.25, 0.3) is 5.69 Å². The first-order valence-electron chi connectivity index (χ1n) is 6.16. The van der Waals surface area contributed by atoms with Gasteiger partial charge in [-0.05, 0) is 59.0 Å². The van der Waals surface area contributed by atoms with E-state index in [0.717, 1.165) is 27.8 Å². The minimum absolute atomic E-state index is 0.0407. The molecule has 0 fully saturated rings. The summed E-state index contributed by atoms with van der Waals surface area (Å²) in [6, 6.07) is 5.87. The molecule has 19 heavy (non-hydrogen) atoms. The maximum atomic E-state index is 12.3. The Morgan fingerprint density at radius 1 is 1.32 bits per heavy atom. The zero-order valence-corrected chi connectivity index (χ0v) is 14.3. The van der Waals surface area contributed by atoms with Crippen molar-refractivity contribution in [3.63, 3.8) is 0 Å². The molecule has 0 radical (unpaired) electrons. The van der Waals surface area contributed by atoms with E-state index in [1.807, 2.05) is 25.1 Å². The lowest BCUT2D eigenvalue weighted by Gasteiger charge is -2.07. The number of aromatic nitrogens is 2. The molecule has 1 N–H and O–H groups in total. The molecule has 0 aliphatic carbocycles. The van der Waals surface area contributed by atoms with Gasteiger partial charge in [0.2, 0.25) is 0 Å². The molecule has 0 saturated carbocycles. The average molecular weight is 388 g/mol. The number of hydrogen-bond acceptors (Lipinski definition) is 1. The Kier molecular flexibility index (Phi) is 4.36. The second-order valence-electron chi connectivity index (χ2n) is 5.07. The molecule has 0 amide bonds. The molecule has 0 aliphatic rings. The average Bonchev–Trinajstić information content (AvgIpc) is 2.57. The molecule has 1 heterocycles. The lowest BCUT2D eigenvalue weighted by Crippen LogP contribution is -2.15. The van der Waals surface area contributed by atoms with Crippen molar-refractivity contribution in [2.75, 3.05) is 0 Å². The summed E-state index contributed by atoms with van der Waals surface area (Å²) >= 11 is 6.82. The third kappa shape index (κ3) is 3.03. The van der Waals surface area contributed by atoms with Gasteiger partial charge in [0.15, 0.2) is 0 Å². The van der Waals surface area contributed by atoms with Crippen LogP contribution in [0, 0.1) is 12.8 Å². The first kappa shape index (κ1) is 14.6. The number of rotatable bonds is 3. The normalized spacial score (nSPS) is 11.3. The monoisotopic (exact) mass is 386 g/mol. The van der Waals surface area contributed by atoms with Crippen LogP contribution in [0.2, 0.25) is 0 Å². The molecule has 102 valence electrons. The van der Waals surface area contributed by atoms with Crippen LogP contribution in [0.15, 0.2) is 31.9 Å². The van der Waals surface area contributed by atoms with E-state index in [2.05, 4.69) is 50.8 Å². The van der Waals surface area contributed by atoms with Crippen LogP contribution in [0.5, 0.6) is 0 Å². The largest absolute Gasteiger partial charge is 0.294 e. The Morgan fingerprint density at radius 3 is 2.58 bits per heavy atom. The zero-order valence-electron chi connectivity index (χ0n) is 11.1. The van der Waals surface area contributed by atoms with Gasteiger partial charge in [0, 0.05) is 4.47 Å². The third-order valence-electron chi connectivity index (χ3n) is 2.91. The van der Waals surface area contributed by atoms with Gasteiger partial charge < -0.3 is 0 Å². The molecule has 0 saturated heterocycles. The minimum atomic E-state index is -0.0407. The lowest BCUT2D eigenvalue weighted by molar-refractivity contribution is 0.626. The van der Waals surface area contributed by atoms with Gasteiger partial charge >= 0.3 is 0 Å². The van der Waals surface area contributed by atoms with Gasteiger partial charge in [-0.3, -0.25) is 9.89 Å². The fourth-order valence-electron chi connectivity index (χ4n) is 2.04. The minimum Gasteiger partial charge on any atom is -0.294 e. The number of H-pyrrole nitrogens is 1. The van der Waals surface area contributed by atoms with Gasteiger partial charge in [-0.15, -0.1) is 0 Å². The first-order chi connectivity index (χ1) is 8.90. The molecular weight excluding hydrogens is 372 g/mol. The van der Waals surface area contributed by atoms with Crippen molar-refractivity contribution in [1.29, 1.82) is 0 Å². The van der Waals surface area contributed by atoms with E-state index >= 15 is 0 Å². The molecule has 2 rings (SSSR count). The molecule has 1 aromatic heterocycles. The van der Waals surface area contributed by atoms with Crippen LogP contribution >= 0.6 is 31.9 Å². The Balaban J connectivity index is 2.54. The summed E-state index contributed by atoms with van der Waals surface area (Å²) in [6.07, 6.45) is 0.846. The summed E-state index contributed by atoms with van der Waals surface area (Å²) in [5, 5.41) is 3.20. The number of halogens is 2. The van der Waals surface area contributed by atoms with Crippen LogP contribution in [0.1, 0.15) is 25.1 Å². The summed E-state index contributed by atoms with van der Waals surface area (Å²) in [5.41, 5.74) is 2.83. The van der Waals surface area contributed by atoms with E-state index < -0.39 is 0 Å². The molecular formula is C14H16Br2N2O. The summed E-state index contributed by atoms with van der Waals surface area (Å²) in [6.45, 7) is 6.25. The van der Waals surface area contributed by atoms with E-state index in [1.54, 1.807) is 4.68 Å². The zero-order chi connectivity index (χ0) is 14.2. The van der Waals surface area contributed by atoms with E-state index in [4.69, 9.17) is 0 Å². The second kappa shape index (κ2) is 5.67. The highest BCUT2D eigenvalue weighted by atomic mass is 79.9. The number of benzene rings is 1. The number of aryl methyl sites for hydroxylation is 1. The quantitative estimate of drug-likeness (QED) is 0.841. The van der Waals surface area contributed by atoms with Crippen LogP contribution in [-0.4, -0.2) is 9.78 Å². The lowest BCUT2D eigenvalue weighted by atomic mass is 10.1. The third-order valence-corrected chi connectivity index (χ3v) is 4.23. The molecule has 3 nitrogen and oxygen atoms in total. The molecule has 0 atom stereocenters. The Bertz CT molecular complexity index is 656. The number of nitrogens with zero attached hydrogens (tertiary/aromatic N) is 1. The fourth-order valence-corrected chi connectivity index (χ4v) is 2.95.